The van der Waals surface area contributed by atoms with Gasteiger partial charge in [0, 0.05) is 6.42 Å². The molecule has 0 saturated carbocycles. The second-order valence-electron chi connectivity index (χ2n) is 18.2. The molecule has 0 radical (unpaired) electrons. The Balaban J connectivity index is 3.73. The number of carbonyl (C=O) groups is 1. The van der Waals surface area contributed by atoms with E-state index in [2.05, 4.69) is 19.2 Å². The Hall–Kier alpha value is -0.460. The minimum Gasteiger partial charge on any atom is -0.391 e. The molecule has 348 valence electrons. The first-order chi connectivity index (χ1) is 28.3. The molecule has 1 amide bonds. The van der Waals surface area contributed by atoms with Gasteiger partial charge in [0.2, 0.25) is 5.91 Å². The summed E-state index contributed by atoms with van der Waals surface area (Å²) in [6, 6.07) is -0.819. The van der Waals surface area contributed by atoms with Crippen LogP contribution in [0, 0.1) is 0 Å². The van der Waals surface area contributed by atoms with Crippen molar-refractivity contribution in [1.82, 2.24) is 5.32 Å². The second kappa shape index (κ2) is 46.1. The number of nitrogens with one attached hydrogen (secondary N) is 1. The first-order valence-corrected chi connectivity index (χ1v) is 27.5. The van der Waals surface area contributed by atoms with Gasteiger partial charge >= 0.3 is 7.82 Å². The van der Waals surface area contributed by atoms with Gasteiger partial charge in [-0.15, -0.1) is 0 Å². The van der Waals surface area contributed by atoms with Gasteiger partial charge < -0.3 is 20.2 Å². The van der Waals surface area contributed by atoms with Gasteiger partial charge in [-0.3, -0.25) is 9.32 Å². The third kappa shape index (κ3) is 46.6. The van der Waals surface area contributed by atoms with Crippen molar-refractivity contribution in [1.29, 1.82) is 0 Å². The van der Waals surface area contributed by atoms with Gasteiger partial charge in [0.05, 0.1) is 18.8 Å². The van der Waals surface area contributed by atoms with Crippen LogP contribution in [0.3, 0.4) is 0 Å². The van der Waals surface area contributed by atoms with Crippen LogP contribution < -0.4 is 5.32 Å². The number of aliphatic hydroxyl groups excluding tert-OH is 1. The van der Waals surface area contributed by atoms with Crippen LogP contribution in [0.5, 0.6) is 0 Å². The fourth-order valence-corrected chi connectivity index (χ4v) is 8.76. The molecule has 0 bridgehead atoms. The lowest BCUT2D eigenvalue weighted by Gasteiger charge is -2.24. The van der Waals surface area contributed by atoms with Crippen LogP contribution >= 0.6 is 7.82 Å². The average molecular weight is 844 g/mol. The third-order valence-corrected chi connectivity index (χ3v) is 12.8. The molecule has 0 fully saturated rings. The number of carbonyl (C=O) groups excluding carboxylic acids is 1. The molecule has 0 aliphatic carbocycles. The minimum absolute atomic E-state index is 0.185. The molecule has 4 N–H and O–H groups in total. The number of unbranched alkanes of at least 4 members (excludes halogenated alkanes) is 40. The molecule has 0 spiro atoms. The highest BCUT2D eigenvalue weighted by Crippen LogP contribution is 2.36. The lowest BCUT2D eigenvalue weighted by molar-refractivity contribution is -0.123. The summed E-state index contributed by atoms with van der Waals surface area (Å²) in [4.78, 5) is 31.1. The molecule has 0 unspecified atom stereocenters. The maximum absolute atomic E-state index is 12.7. The maximum atomic E-state index is 12.7. The van der Waals surface area contributed by atoms with Crippen LogP contribution in [0.1, 0.15) is 296 Å². The molecular formula is C50H102NO6P. The number of phosphoric ester groups is 1. The summed E-state index contributed by atoms with van der Waals surface area (Å²) in [5, 5.41) is 13.6. The van der Waals surface area contributed by atoms with Crippen molar-refractivity contribution in [3.8, 4) is 0 Å². The van der Waals surface area contributed by atoms with Gasteiger partial charge in [-0.25, -0.2) is 4.57 Å². The Bertz CT molecular complexity index is 869. The largest absolute Gasteiger partial charge is 0.469 e. The van der Waals surface area contributed by atoms with E-state index < -0.39 is 26.6 Å². The summed E-state index contributed by atoms with van der Waals surface area (Å²) in [6.07, 6.45) is 55.4. The van der Waals surface area contributed by atoms with Crippen molar-refractivity contribution in [2.75, 3.05) is 6.61 Å². The zero-order valence-corrected chi connectivity index (χ0v) is 39.9. The van der Waals surface area contributed by atoms with E-state index in [1.807, 2.05) is 0 Å². The van der Waals surface area contributed by atoms with Crippen molar-refractivity contribution in [3.05, 3.63) is 0 Å². The maximum Gasteiger partial charge on any atom is 0.469 e. The zero-order valence-electron chi connectivity index (χ0n) is 39.0. The summed E-state index contributed by atoms with van der Waals surface area (Å²) in [6.45, 7) is 4.17. The number of amides is 1. The molecule has 0 aromatic carbocycles. The molecule has 7 nitrogen and oxygen atoms in total. The van der Waals surface area contributed by atoms with E-state index in [4.69, 9.17) is 4.52 Å². The van der Waals surface area contributed by atoms with Crippen molar-refractivity contribution in [2.45, 2.75) is 309 Å². The van der Waals surface area contributed by atoms with E-state index >= 15 is 0 Å². The molecule has 0 aliphatic heterocycles. The number of hydrogen-bond acceptors (Lipinski definition) is 4. The highest BCUT2D eigenvalue weighted by Gasteiger charge is 2.25. The highest BCUT2D eigenvalue weighted by atomic mass is 31.2. The molecule has 0 heterocycles. The van der Waals surface area contributed by atoms with Gasteiger partial charge in [-0.1, -0.05) is 277 Å². The topological polar surface area (TPSA) is 116 Å². The van der Waals surface area contributed by atoms with Crippen molar-refractivity contribution >= 4 is 13.7 Å². The van der Waals surface area contributed by atoms with Gasteiger partial charge in [0.1, 0.15) is 0 Å². The van der Waals surface area contributed by atoms with Crippen LogP contribution in [-0.4, -0.2) is 39.6 Å². The number of hydrogen-bond donors (Lipinski definition) is 4. The Morgan fingerprint density at radius 1 is 0.431 bits per heavy atom. The third-order valence-electron chi connectivity index (χ3n) is 12.3. The summed E-state index contributed by atoms with van der Waals surface area (Å²) in [7, 11) is -4.69. The number of rotatable bonds is 49. The molecule has 58 heavy (non-hydrogen) atoms. The predicted octanol–water partition coefficient (Wildman–Crippen LogP) is 16.1. The van der Waals surface area contributed by atoms with Gasteiger partial charge in [-0.05, 0) is 12.8 Å². The quantitative estimate of drug-likeness (QED) is 0.0358. The van der Waals surface area contributed by atoms with Crippen LogP contribution in [0.25, 0.3) is 0 Å². The van der Waals surface area contributed by atoms with E-state index in [0.717, 1.165) is 38.5 Å². The standard InChI is InChI=1S/C50H102NO6P/c1-3-5-7-9-11-13-15-17-19-21-22-23-24-25-26-27-28-30-32-34-36-38-40-42-44-46-50(53)51-48(47-57-58(54,55)56)49(52)45-43-41-39-37-35-33-31-29-20-18-16-14-12-10-8-6-4-2/h48-49,52H,3-47H2,1-2H3,(H,51,53)(H2,54,55,56)/t48-,49+/m0/s1. The minimum atomic E-state index is -4.69. The first kappa shape index (κ1) is 57.5. The van der Waals surface area contributed by atoms with Crippen molar-refractivity contribution < 1.29 is 28.8 Å². The van der Waals surface area contributed by atoms with Gasteiger partial charge in [0.15, 0.2) is 0 Å². The van der Waals surface area contributed by atoms with E-state index in [9.17, 15) is 24.3 Å². The molecule has 0 aliphatic rings. The Morgan fingerprint density at radius 2 is 0.672 bits per heavy atom. The highest BCUT2D eigenvalue weighted by molar-refractivity contribution is 7.46. The van der Waals surface area contributed by atoms with Crippen LogP contribution in [0.15, 0.2) is 0 Å². The van der Waals surface area contributed by atoms with Crippen molar-refractivity contribution in [3.63, 3.8) is 0 Å². The van der Waals surface area contributed by atoms with E-state index in [1.54, 1.807) is 0 Å². The first-order valence-electron chi connectivity index (χ1n) is 26.0. The van der Waals surface area contributed by atoms with E-state index in [-0.39, 0.29) is 5.91 Å². The van der Waals surface area contributed by atoms with Gasteiger partial charge in [-0.2, -0.15) is 0 Å². The molecule has 0 aromatic heterocycles. The molecule has 2 atom stereocenters. The fourth-order valence-electron chi connectivity index (χ4n) is 8.41. The summed E-state index contributed by atoms with van der Waals surface area (Å²) in [5.74, 6) is -0.185. The SMILES string of the molecule is CCCCCCCCCCCCCCCCCCCCCCCCCCCC(=O)N[C@@H](COP(=O)(O)O)[C@H](O)CCCCCCCCCCCCCCCCCCC. The second-order valence-corrected chi connectivity index (χ2v) is 19.4. The lowest BCUT2D eigenvalue weighted by atomic mass is 10.0. The smallest absolute Gasteiger partial charge is 0.391 e. The average Bonchev–Trinajstić information content (AvgIpc) is 3.20. The lowest BCUT2D eigenvalue weighted by Crippen LogP contribution is -2.46. The molecule has 0 rings (SSSR count). The van der Waals surface area contributed by atoms with Crippen LogP contribution in [0.4, 0.5) is 0 Å². The van der Waals surface area contributed by atoms with Gasteiger partial charge in [0.25, 0.3) is 0 Å². The normalized spacial score (nSPS) is 13.0. The zero-order chi connectivity index (χ0) is 42.5. The Morgan fingerprint density at radius 3 is 0.931 bits per heavy atom. The molecule has 8 heteroatoms. The monoisotopic (exact) mass is 844 g/mol. The molecule has 0 aromatic rings. The van der Waals surface area contributed by atoms with Crippen LogP contribution in [0.2, 0.25) is 0 Å². The van der Waals surface area contributed by atoms with Crippen LogP contribution in [-0.2, 0) is 13.9 Å². The summed E-state index contributed by atoms with van der Waals surface area (Å²) < 4.78 is 16.0. The molecular weight excluding hydrogens is 742 g/mol. The number of phosphoric acid groups is 1. The predicted molar refractivity (Wildman–Crippen MR) is 250 cm³/mol. The van der Waals surface area contributed by atoms with E-state index in [1.165, 1.54) is 231 Å². The summed E-state index contributed by atoms with van der Waals surface area (Å²) >= 11 is 0. The Labute approximate surface area is 361 Å². The Kier molecular flexibility index (Phi) is 45.7. The van der Waals surface area contributed by atoms with E-state index in [0.29, 0.717) is 12.8 Å². The number of aliphatic hydroxyl groups is 1. The summed E-state index contributed by atoms with van der Waals surface area (Å²) in [5.41, 5.74) is 0. The fraction of sp³-hybridized carbons (Fsp3) is 0.980. The molecule has 0 saturated heterocycles. The van der Waals surface area contributed by atoms with Crippen molar-refractivity contribution in [2.24, 2.45) is 0 Å².